The van der Waals surface area contributed by atoms with Crippen LogP contribution in [0.15, 0.2) is 67.0 Å². The molecule has 3 aromatic rings. The minimum absolute atomic E-state index is 0.00263. The predicted octanol–water partition coefficient (Wildman–Crippen LogP) is 3.32. The Kier molecular flexibility index (Phi) is 9.37. The number of pyridine rings is 1. The van der Waals surface area contributed by atoms with E-state index in [4.69, 9.17) is 0 Å². The fourth-order valence-electron chi connectivity index (χ4n) is 5.13. The summed E-state index contributed by atoms with van der Waals surface area (Å²) in [5.41, 5.74) is 3.29. The van der Waals surface area contributed by atoms with Gasteiger partial charge in [0, 0.05) is 45.0 Å². The Morgan fingerprint density at radius 2 is 1.85 bits per heavy atom. The summed E-state index contributed by atoms with van der Waals surface area (Å²) in [4.78, 5) is 31.8. The number of hydrogen-bond acceptors (Lipinski definition) is 5. The van der Waals surface area contributed by atoms with Gasteiger partial charge in [-0.25, -0.2) is 8.78 Å². The summed E-state index contributed by atoms with van der Waals surface area (Å²) in [6.45, 7) is 2.72. The molecule has 1 aromatic heterocycles. The van der Waals surface area contributed by atoms with Gasteiger partial charge in [0.25, 0.3) is 0 Å². The molecule has 1 fully saturated rings. The van der Waals surface area contributed by atoms with E-state index < -0.39 is 41.6 Å². The number of carbonyl (C=O) groups is 2. The molecule has 2 aromatic carbocycles. The Balaban J connectivity index is 1.50. The molecule has 4 atom stereocenters. The SMILES string of the molecule is CCc1cccc(CNC[C@H](O)[C@@H](Cc2cc(F)cc(F)c2)NC(=O)C2CC(=O)N(C)C2c2cccnc2)c1. The highest BCUT2D eigenvalue weighted by Crippen LogP contribution is 2.37. The van der Waals surface area contributed by atoms with Crippen LogP contribution in [-0.2, 0) is 29.0 Å². The number of halogens is 2. The average molecular weight is 537 g/mol. The van der Waals surface area contributed by atoms with E-state index in [9.17, 15) is 23.5 Å². The van der Waals surface area contributed by atoms with E-state index in [0.29, 0.717) is 12.1 Å². The van der Waals surface area contributed by atoms with Crippen LogP contribution in [0.2, 0.25) is 0 Å². The largest absolute Gasteiger partial charge is 0.390 e. The van der Waals surface area contributed by atoms with Crippen LogP contribution in [0.25, 0.3) is 0 Å². The highest BCUT2D eigenvalue weighted by molar-refractivity contribution is 5.90. The molecule has 0 aliphatic carbocycles. The molecule has 39 heavy (non-hydrogen) atoms. The van der Waals surface area contributed by atoms with Gasteiger partial charge in [-0.15, -0.1) is 0 Å². The molecule has 4 rings (SSSR count). The van der Waals surface area contributed by atoms with Crippen molar-refractivity contribution in [3.05, 3.63) is 101 Å². The van der Waals surface area contributed by atoms with Crippen LogP contribution in [0.4, 0.5) is 8.78 Å². The maximum absolute atomic E-state index is 13.9. The van der Waals surface area contributed by atoms with Crippen molar-refractivity contribution in [2.24, 2.45) is 5.92 Å². The van der Waals surface area contributed by atoms with Gasteiger partial charge < -0.3 is 20.6 Å². The molecule has 1 saturated heterocycles. The number of amides is 2. The molecule has 2 heterocycles. The quantitative estimate of drug-likeness (QED) is 0.350. The standard InChI is InChI=1S/C30H34F2N4O3/c1-3-19-6-4-7-20(10-19)16-34-18-27(37)26(13-21-11-23(31)14-24(32)12-21)35-30(39)25-15-28(38)36(2)29(25)22-8-5-9-33-17-22/h4-12,14,17,25-27,29,34,37H,3,13,15-16,18H2,1-2H3,(H,35,39)/t25?,26-,27+,29?/m1/s1. The fourth-order valence-corrected chi connectivity index (χ4v) is 5.13. The molecule has 7 nitrogen and oxygen atoms in total. The summed E-state index contributed by atoms with van der Waals surface area (Å²) in [6.07, 6.45) is 3.09. The number of benzene rings is 2. The van der Waals surface area contributed by atoms with Crippen molar-refractivity contribution in [1.82, 2.24) is 20.5 Å². The number of nitrogens with zero attached hydrogens (tertiary/aromatic N) is 2. The number of aliphatic hydroxyl groups is 1. The Labute approximate surface area is 227 Å². The monoisotopic (exact) mass is 536 g/mol. The number of aliphatic hydroxyl groups excluding tert-OH is 1. The summed E-state index contributed by atoms with van der Waals surface area (Å²) in [6, 6.07) is 13.4. The average Bonchev–Trinajstić information content (AvgIpc) is 3.22. The van der Waals surface area contributed by atoms with Crippen LogP contribution in [0.1, 0.15) is 41.6 Å². The molecule has 1 aliphatic rings. The van der Waals surface area contributed by atoms with Crippen LogP contribution in [0.3, 0.4) is 0 Å². The zero-order chi connectivity index (χ0) is 27.9. The maximum Gasteiger partial charge on any atom is 0.226 e. The second-order valence-corrected chi connectivity index (χ2v) is 10.0. The molecule has 2 amide bonds. The lowest BCUT2D eigenvalue weighted by Crippen LogP contribution is -2.50. The molecule has 9 heteroatoms. The normalized spacial score (nSPS) is 18.7. The van der Waals surface area contributed by atoms with Crippen molar-refractivity contribution < 1.29 is 23.5 Å². The predicted molar refractivity (Wildman–Crippen MR) is 143 cm³/mol. The van der Waals surface area contributed by atoms with Crippen LogP contribution >= 0.6 is 0 Å². The number of carbonyl (C=O) groups excluding carboxylic acids is 2. The maximum atomic E-state index is 13.9. The first-order chi connectivity index (χ1) is 18.7. The summed E-state index contributed by atoms with van der Waals surface area (Å²) < 4.78 is 27.8. The molecule has 2 unspecified atom stereocenters. The summed E-state index contributed by atoms with van der Waals surface area (Å²) in [5, 5.41) is 17.2. The van der Waals surface area contributed by atoms with Gasteiger partial charge >= 0.3 is 0 Å². The molecule has 0 spiro atoms. The molecule has 3 N–H and O–H groups in total. The van der Waals surface area contributed by atoms with Gasteiger partial charge in [-0.3, -0.25) is 14.6 Å². The lowest BCUT2D eigenvalue weighted by Gasteiger charge is -2.29. The number of hydrogen-bond donors (Lipinski definition) is 3. The highest BCUT2D eigenvalue weighted by Gasteiger charge is 2.43. The van der Waals surface area contributed by atoms with Crippen molar-refractivity contribution >= 4 is 11.8 Å². The van der Waals surface area contributed by atoms with Gasteiger partial charge in [-0.05, 0) is 53.3 Å². The van der Waals surface area contributed by atoms with Crippen LogP contribution in [0, 0.1) is 17.6 Å². The topological polar surface area (TPSA) is 94.6 Å². The van der Waals surface area contributed by atoms with Crippen LogP contribution < -0.4 is 10.6 Å². The van der Waals surface area contributed by atoms with Gasteiger partial charge in [0.1, 0.15) is 11.6 Å². The third-order valence-corrected chi connectivity index (χ3v) is 7.20. The summed E-state index contributed by atoms with van der Waals surface area (Å²) in [5.74, 6) is -2.78. The van der Waals surface area contributed by atoms with E-state index in [1.807, 2.05) is 24.3 Å². The lowest BCUT2D eigenvalue weighted by molar-refractivity contribution is -0.129. The fraction of sp³-hybridized carbons (Fsp3) is 0.367. The first-order valence-corrected chi connectivity index (χ1v) is 13.1. The molecular weight excluding hydrogens is 502 g/mol. The molecular formula is C30H34F2N4O3. The molecule has 0 bridgehead atoms. The lowest BCUT2D eigenvalue weighted by atomic mass is 9.92. The molecule has 0 radical (unpaired) electrons. The number of aryl methyl sites for hydroxylation is 1. The van der Waals surface area contributed by atoms with Gasteiger partial charge in [0.15, 0.2) is 0 Å². The smallest absolute Gasteiger partial charge is 0.226 e. The zero-order valence-corrected chi connectivity index (χ0v) is 22.1. The van der Waals surface area contributed by atoms with Gasteiger partial charge in [0.05, 0.1) is 24.1 Å². The van der Waals surface area contributed by atoms with Crippen molar-refractivity contribution in [1.29, 1.82) is 0 Å². The van der Waals surface area contributed by atoms with E-state index >= 15 is 0 Å². The minimum Gasteiger partial charge on any atom is -0.390 e. The van der Waals surface area contributed by atoms with Crippen molar-refractivity contribution in [2.45, 2.75) is 50.9 Å². The van der Waals surface area contributed by atoms with E-state index in [-0.39, 0.29) is 25.3 Å². The molecule has 0 saturated carbocycles. The van der Waals surface area contributed by atoms with Crippen molar-refractivity contribution in [2.75, 3.05) is 13.6 Å². The molecule has 206 valence electrons. The van der Waals surface area contributed by atoms with E-state index in [0.717, 1.165) is 23.6 Å². The summed E-state index contributed by atoms with van der Waals surface area (Å²) in [7, 11) is 1.65. The zero-order valence-electron chi connectivity index (χ0n) is 22.1. The van der Waals surface area contributed by atoms with Gasteiger partial charge in [-0.1, -0.05) is 37.3 Å². The highest BCUT2D eigenvalue weighted by atomic mass is 19.1. The first kappa shape index (κ1) is 28.3. The van der Waals surface area contributed by atoms with E-state index in [2.05, 4.69) is 28.6 Å². The number of nitrogens with one attached hydrogen (secondary N) is 2. The Morgan fingerprint density at radius 3 is 2.54 bits per heavy atom. The Hall–Kier alpha value is -3.69. The van der Waals surface area contributed by atoms with Crippen LogP contribution in [-0.4, -0.2) is 52.5 Å². The van der Waals surface area contributed by atoms with Gasteiger partial charge in [-0.2, -0.15) is 0 Å². The van der Waals surface area contributed by atoms with Crippen molar-refractivity contribution in [3.63, 3.8) is 0 Å². The number of rotatable bonds is 11. The Morgan fingerprint density at radius 1 is 1.10 bits per heavy atom. The third kappa shape index (κ3) is 7.25. The number of likely N-dealkylation sites (tertiary alicyclic amines) is 1. The van der Waals surface area contributed by atoms with E-state index in [1.165, 1.54) is 22.6 Å². The minimum atomic E-state index is -1.07. The second-order valence-electron chi connectivity index (χ2n) is 10.0. The number of aromatic nitrogens is 1. The van der Waals surface area contributed by atoms with E-state index in [1.54, 1.807) is 25.5 Å². The Bertz CT molecular complexity index is 1270. The van der Waals surface area contributed by atoms with Gasteiger partial charge in [0.2, 0.25) is 11.8 Å². The first-order valence-electron chi connectivity index (χ1n) is 13.1. The second kappa shape index (κ2) is 12.9. The third-order valence-electron chi connectivity index (χ3n) is 7.20. The molecule has 1 aliphatic heterocycles. The van der Waals surface area contributed by atoms with Crippen LogP contribution in [0.5, 0.6) is 0 Å². The van der Waals surface area contributed by atoms with Crippen molar-refractivity contribution in [3.8, 4) is 0 Å². The summed E-state index contributed by atoms with van der Waals surface area (Å²) >= 11 is 0.